The predicted molar refractivity (Wildman–Crippen MR) is 50.6 cm³/mol. The number of aliphatic hydroxyl groups is 1. The van der Waals surface area contributed by atoms with Crippen LogP contribution in [-0.2, 0) is 4.79 Å². The highest BCUT2D eigenvalue weighted by Gasteiger charge is 2.15. The Hall–Kier alpha value is -0.610. The Balaban J connectivity index is 3.65. The number of carbonyl (C=O) groups is 1. The quantitative estimate of drug-likeness (QED) is 0.548. The van der Waals surface area contributed by atoms with Gasteiger partial charge in [0.25, 0.3) is 0 Å². The van der Waals surface area contributed by atoms with Crippen LogP contribution in [0, 0.1) is 0 Å². The summed E-state index contributed by atoms with van der Waals surface area (Å²) in [5, 5.41) is 20.7. The second-order valence-electron chi connectivity index (χ2n) is 3.20. The fraction of sp³-hybridized carbons (Fsp3) is 0.889. The summed E-state index contributed by atoms with van der Waals surface area (Å²) in [7, 11) is 1.62. The molecule has 0 heterocycles. The van der Waals surface area contributed by atoms with Crippen molar-refractivity contribution in [1.29, 1.82) is 0 Å². The van der Waals surface area contributed by atoms with Crippen molar-refractivity contribution in [2.75, 3.05) is 7.05 Å². The van der Waals surface area contributed by atoms with Crippen LogP contribution >= 0.6 is 0 Å². The van der Waals surface area contributed by atoms with E-state index in [1.807, 2.05) is 6.92 Å². The highest BCUT2D eigenvalue weighted by molar-refractivity contribution is 5.73. The number of nitrogens with one attached hydrogen (secondary N) is 1. The fourth-order valence-corrected chi connectivity index (χ4v) is 1.23. The summed E-state index contributed by atoms with van der Waals surface area (Å²) in [6.45, 7) is 2.00. The van der Waals surface area contributed by atoms with E-state index < -0.39 is 12.0 Å². The molecule has 0 aromatic carbocycles. The Labute approximate surface area is 79.0 Å². The zero-order valence-electron chi connectivity index (χ0n) is 8.29. The van der Waals surface area contributed by atoms with Crippen molar-refractivity contribution >= 4 is 5.97 Å². The SMILES string of the molecule is CCCC(O)CCC(NC)C(=O)O. The summed E-state index contributed by atoms with van der Waals surface area (Å²) in [6, 6.07) is -0.536. The molecule has 13 heavy (non-hydrogen) atoms. The third kappa shape index (κ3) is 5.60. The molecule has 0 saturated heterocycles. The molecule has 78 valence electrons. The minimum atomic E-state index is -0.855. The zero-order valence-corrected chi connectivity index (χ0v) is 8.29. The van der Waals surface area contributed by atoms with Gasteiger partial charge in [0.15, 0.2) is 0 Å². The van der Waals surface area contributed by atoms with Crippen molar-refractivity contribution in [2.45, 2.75) is 44.8 Å². The summed E-state index contributed by atoms with van der Waals surface area (Å²) < 4.78 is 0. The van der Waals surface area contributed by atoms with Crippen molar-refractivity contribution < 1.29 is 15.0 Å². The summed E-state index contributed by atoms with van der Waals surface area (Å²) in [6.07, 6.45) is 2.34. The number of likely N-dealkylation sites (N-methyl/N-ethyl adjacent to an activating group) is 1. The van der Waals surface area contributed by atoms with Crippen LogP contribution in [0.3, 0.4) is 0 Å². The van der Waals surface area contributed by atoms with Crippen LogP contribution in [0.5, 0.6) is 0 Å². The molecule has 0 bridgehead atoms. The molecule has 0 aliphatic rings. The summed E-state index contributed by atoms with van der Waals surface area (Å²) >= 11 is 0. The Morgan fingerprint density at radius 2 is 2.00 bits per heavy atom. The van der Waals surface area contributed by atoms with Gasteiger partial charge in [-0.05, 0) is 26.3 Å². The molecule has 2 atom stereocenters. The molecule has 0 amide bonds. The minimum absolute atomic E-state index is 0.361. The summed E-state index contributed by atoms with van der Waals surface area (Å²) in [5.74, 6) is -0.855. The lowest BCUT2D eigenvalue weighted by Gasteiger charge is -2.13. The average molecular weight is 189 g/mol. The van der Waals surface area contributed by atoms with Gasteiger partial charge in [-0.25, -0.2) is 0 Å². The molecule has 0 rings (SSSR count). The lowest BCUT2D eigenvalue weighted by Crippen LogP contribution is -2.34. The maximum atomic E-state index is 10.6. The van der Waals surface area contributed by atoms with E-state index in [4.69, 9.17) is 5.11 Å². The zero-order chi connectivity index (χ0) is 10.3. The van der Waals surface area contributed by atoms with E-state index in [-0.39, 0.29) is 6.10 Å². The highest BCUT2D eigenvalue weighted by Crippen LogP contribution is 2.06. The van der Waals surface area contributed by atoms with Gasteiger partial charge in [-0.15, -0.1) is 0 Å². The largest absolute Gasteiger partial charge is 0.480 e. The second kappa shape index (κ2) is 6.86. The van der Waals surface area contributed by atoms with Crippen LogP contribution in [0.25, 0.3) is 0 Å². The van der Waals surface area contributed by atoms with Gasteiger partial charge < -0.3 is 15.5 Å². The third-order valence-corrected chi connectivity index (χ3v) is 2.06. The van der Waals surface area contributed by atoms with Gasteiger partial charge in [0, 0.05) is 0 Å². The fourth-order valence-electron chi connectivity index (χ4n) is 1.23. The molecule has 4 heteroatoms. The first-order chi connectivity index (χ1) is 6.11. The first kappa shape index (κ1) is 12.4. The molecular weight excluding hydrogens is 170 g/mol. The van der Waals surface area contributed by atoms with E-state index in [9.17, 15) is 9.90 Å². The Bertz CT molecular complexity index is 150. The Morgan fingerprint density at radius 1 is 1.38 bits per heavy atom. The monoisotopic (exact) mass is 189 g/mol. The average Bonchev–Trinajstić information content (AvgIpc) is 2.05. The molecule has 2 unspecified atom stereocenters. The van der Waals surface area contributed by atoms with Crippen LogP contribution in [0.1, 0.15) is 32.6 Å². The summed E-state index contributed by atoms with van der Waals surface area (Å²) in [5.41, 5.74) is 0. The van der Waals surface area contributed by atoms with Gasteiger partial charge in [0.1, 0.15) is 6.04 Å². The first-order valence-electron chi connectivity index (χ1n) is 4.70. The maximum absolute atomic E-state index is 10.6. The van der Waals surface area contributed by atoms with Gasteiger partial charge in [-0.3, -0.25) is 4.79 Å². The van der Waals surface area contributed by atoms with E-state index in [2.05, 4.69) is 5.32 Å². The van der Waals surface area contributed by atoms with E-state index in [0.29, 0.717) is 12.8 Å². The van der Waals surface area contributed by atoms with Gasteiger partial charge in [-0.2, -0.15) is 0 Å². The molecule has 0 aliphatic carbocycles. The number of rotatable bonds is 7. The highest BCUT2D eigenvalue weighted by atomic mass is 16.4. The van der Waals surface area contributed by atoms with Crippen LogP contribution < -0.4 is 5.32 Å². The predicted octanol–water partition coefficient (Wildman–Crippen LogP) is 0.600. The topological polar surface area (TPSA) is 69.6 Å². The number of aliphatic carboxylic acids is 1. The molecule has 0 spiro atoms. The molecule has 0 aliphatic heterocycles. The Morgan fingerprint density at radius 3 is 2.38 bits per heavy atom. The van der Waals surface area contributed by atoms with Crippen molar-refractivity contribution in [3.05, 3.63) is 0 Å². The minimum Gasteiger partial charge on any atom is -0.480 e. The van der Waals surface area contributed by atoms with Crippen LogP contribution in [0.4, 0.5) is 0 Å². The molecule has 0 fully saturated rings. The first-order valence-corrected chi connectivity index (χ1v) is 4.70. The number of hydrogen-bond acceptors (Lipinski definition) is 3. The van der Waals surface area contributed by atoms with E-state index in [1.54, 1.807) is 7.05 Å². The van der Waals surface area contributed by atoms with Gasteiger partial charge >= 0.3 is 5.97 Å². The normalized spacial score (nSPS) is 15.3. The van der Waals surface area contributed by atoms with Crippen LogP contribution in [-0.4, -0.2) is 35.4 Å². The molecule has 4 nitrogen and oxygen atoms in total. The standard InChI is InChI=1S/C9H19NO3/c1-3-4-7(11)5-6-8(10-2)9(12)13/h7-8,10-11H,3-6H2,1-2H3,(H,12,13). The van der Waals surface area contributed by atoms with Crippen molar-refractivity contribution in [3.8, 4) is 0 Å². The van der Waals surface area contributed by atoms with Gasteiger partial charge in [0.05, 0.1) is 6.10 Å². The number of carboxylic acids is 1. The number of carboxylic acid groups (broad SMARTS) is 1. The molecule has 0 aromatic heterocycles. The second-order valence-corrected chi connectivity index (χ2v) is 3.20. The number of hydrogen-bond donors (Lipinski definition) is 3. The number of aliphatic hydroxyl groups excluding tert-OH is 1. The van der Waals surface area contributed by atoms with Crippen molar-refractivity contribution in [3.63, 3.8) is 0 Å². The smallest absolute Gasteiger partial charge is 0.320 e. The van der Waals surface area contributed by atoms with E-state index >= 15 is 0 Å². The molecule has 0 saturated carbocycles. The molecular formula is C9H19NO3. The van der Waals surface area contributed by atoms with Crippen LogP contribution in [0.2, 0.25) is 0 Å². The van der Waals surface area contributed by atoms with Crippen molar-refractivity contribution in [2.24, 2.45) is 0 Å². The van der Waals surface area contributed by atoms with E-state index in [1.165, 1.54) is 0 Å². The van der Waals surface area contributed by atoms with Gasteiger partial charge in [-0.1, -0.05) is 13.3 Å². The lowest BCUT2D eigenvalue weighted by molar-refractivity contribution is -0.139. The van der Waals surface area contributed by atoms with Crippen molar-refractivity contribution in [1.82, 2.24) is 5.32 Å². The molecule has 0 radical (unpaired) electrons. The molecule has 0 aromatic rings. The van der Waals surface area contributed by atoms with Crippen LogP contribution in [0.15, 0.2) is 0 Å². The van der Waals surface area contributed by atoms with Gasteiger partial charge in [0.2, 0.25) is 0 Å². The lowest BCUT2D eigenvalue weighted by atomic mass is 10.1. The molecule has 3 N–H and O–H groups in total. The Kier molecular flexibility index (Phi) is 6.54. The summed E-state index contributed by atoms with van der Waals surface area (Å²) in [4.78, 5) is 10.6. The third-order valence-electron chi connectivity index (χ3n) is 2.06. The van der Waals surface area contributed by atoms with E-state index in [0.717, 1.165) is 12.8 Å². The maximum Gasteiger partial charge on any atom is 0.320 e.